The summed E-state index contributed by atoms with van der Waals surface area (Å²) in [5, 5.41) is 9.34. The second-order valence-corrected chi connectivity index (χ2v) is 8.18. The number of esters is 1. The number of carbonyl (C=O) groups excluding carboxylic acids is 1. The van der Waals surface area contributed by atoms with Crippen LogP contribution in [0.3, 0.4) is 0 Å². The molecular weight excluding hydrogens is 386 g/mol. The van der Waals surface area contributed by atoms with Gasteiger partial charge in [-0.15, -0.1) is 0 Å². The number of rotatable bonds is 5. The smallest absolute Gasteiger partial charge is 0.343 e. The van der Waals surface area contributed by atoms with Crippen molar-refractivity contribution < 1.29 is 17.9 Å². The molecule has 0 aromatic heterocycles. The fourth-order valence-corrected chi connectivity index (χ4v) is 3.80. The first-order valence-corrected chi connectivity index (χ1v) is 10.2. The van der Waals surface area contributed by atoms with Gasteiger partial charge in [0.25, 0.3) is 0 Å². The molecular formula is C23H17NO4S. The first-order valence-electron chi connectivity index (χ1n) is 8.71. The third kappa shape index (κ3) is 4.78. The lowest BCUT2D eigenvalue weighted by Crippen LogP contribution is -2.08. The lowest BCUT2D eigenvalue weighted by molar-refractivity contribution is 0.0734. The molecule has 0 spiro atoms. The van der Waals surface area contributed by atoms with Gasteiger partial charge < -0.3 is 4.74 Å². The number of carbonyl (C=O) groups is 1. The van der Waals surface area contributed by atoms with Gasteiger partial charge >= 0.3 is 5.97 Å². The van der Waals surface area contributed by atoms with Crippen LogP contribution in [0.5, 0.6) is 5.75 Å². The van der Waals surface area contributed by atoms with E-state index < -0.39 is 15.8 Å². The molecule has 0 aliphatic rings. The Morgan fingerprint density at radius 2 is 1.66 bits per heavy atom. The summed E-state index contributed by atoms with van der Waals surface area (Å²) in [6.45, 7) is 1.88. The van der Waals surface area contributed by atoms with E-state index in [4.69, 9.17) is 4.74 Å². The van der Waals surface area contributed by atoms with Gasteiger partial charge in [0.15, 0.2) is 0 Å². The highest BCUT2D eigenvalue weighted by atomic mass is 32.2. The molecule has 0 saturated heterocycles. The quantitative estimate of drug-likeness (QED) is 0.354. The third-order valence-electron chi connectivity index (χ3n) is 4.10. The third-order valence-corrected chi connectivity index (χ3v) is 5.78. The summed E-state index contributed by atoms with van der Waals surface area (Å²) in [5.41, 5.74) is 1.88. The zero-order valence-electron chi connectivity index (χ0n) is 15.6. The normalized spacial score (nSPS) is 11.5. The lowest BCUT2D eigenvalue weighted by Gasteiger charge is -2.06. The van der Waals surface area contributed by atoms with Crippen LogP contribution >= 0.6 is 0 Å². The summed E-state index contributed by atoms with van der Waals surface area (Å²) in [6.07, 6.45) is 1.29. The molecule has 3 aromatic carbocycles. The first-order chi connectivity index (χ1) is 13.9. The summed E-state index contributed by atoms with van der Waals surface area (Å²) in [7, 11) is -3.90. The van der Waals surface area contributed by atoms with Gasteiger partial charge in [0.05, 0.1) is 10.5 Å². The van der Waals surface area contributed by atoms with Crippen LogP contribution in [0.1, 0.15) is 21.5 Å². The highest BCUT2D eigenvalue weighted by molar-refractivity contribution is 7.95. The Hall–Kier alpha value is -3.69. The first kappa shape index (κ1) is 20.1. The molecule has 0 radical (unpaired) electrons. The summed E-state index contributed by atoms with van der Waals surface area (Å²) in [6, 6.07) is 22.8. The van der Waals surface area contributed by atoms with E-state index in [0.29, 0.717) is 16.9 Å². The molecule has 144 valence electrons. The minimum absolute atomic E-state index is 0.0523. The van der Waals surface area contributed by atoms with Crippen molar-refractivity contribution >= 4 is 21.9 Å². The van der Waals surface area contributed by atoms with Crippen molar-refractivity contribution in [3.05, 3.63) is 100 Å². The van der Waals surface area contributed by atoms with Crippen molar-refractivity contribution in [1.29, 1.82) is 5.26 Å². The van der Waals surface area contributed by atoms with Crippen LogP contribution in [0.25, 0.3) is 6.08 Å². The molecule has 0 unspecified atom stereocenters. The van der Waals surface area contributed by atoms with Crippen LogP contribution in [0.2, 0.25) is 0 Å². The van der Waals surface area contributed by atoms with Crippen molar-refractivity contribution in [2.45, 2.75) is 11.8 Å². The minimum Gasteiger partial charge on any atom is -0.423 e. The highest BCUT2D eigenvalue weighted by Gasteiger charge is 2.20. The van der Waals surface area contributed by atoms with E-state index in [1.807, 2.05) is 13.0 Å². The van der Waals surface area contributed by atoms with Gasteiger partial charge in [-0.25, -0.2) is 13.2 Å². The van der Waals surface area contributed by atoms with E-state index in [1.54, 1.807) is 66.7 Å². The predicted octanol–water partition coefficient (Wildman–Crippen LogP) is 4.55. The van der Waals surface area contributed by atoms with Crippen LogP contribution in [0, 0.1) is 18.3 Å². The van der Waals surface area contributed by atoms with Crippen molar-refractivity contribution in [2.24, 2.45) is 0 Å². The summed E-state index contributed by atoms with van der Waals surface area (Å²) in [4.78, 5) is 11.9. The molecule has 3 aromatic rings. The second kappa shape index (κ2) is 8.55. The number of hydrogen-bond acceptors (Lipinski definition) is 5. The maximum absolute atomic E-state index is 12.6. The fraction of sp³-hybridized carbons (Fsp3) is 0.0435. The van der Waals surface area contributed by atoms with Crippen molar-refractivity contribution in [3.63, 3.8) is 0 Å². The Bertz CT molecular complexity index is 1210. The Morgan fingerprint density at radius 3 is 2.28 bits per heavy atom. The Morgan fingerprint density at radius 1 is 0.966 bits per heavy atom. The van der Waals surface area contributed by atoms with Crippen LogP contribution in [0.4, 0.5) is 0 Å². The molecule has 0 bridgehead atoms. The van der Waals surface area contributed by atoms with Gasteiger partial charge in [-0.1, -0.05) is 48.0 Å². The summed E-state index contributed by atoms with van der Waals surface area (Å²) in [5.74, 6) is -0.167. The summed E-state index contributed by atoms with van der Waals surface area (Å²) >= 11 is 0. The predicted molar refractivity (Wildman–Crippen MR) is 110 cm³/mol. The lowest BCUT2D eigenvalue weighted by atomic mass is 10.1. The van der Waals surface area contributed by atoms with E-state index >= 15 is 0 Å². The number of nitrogens with zero attached hydrogens (tertiary/aromatic N) is 1. The average molecular weight is 403 g/mol. The number of aryl methyl sites for hydroxylation is 1. The van der Waals surface area contributed by atoms with Gasteiger partial charge in [-0.05, 0) is 55.0 Å². The second-order valence-electron chi connectivity index (χ2n) is 6.26. The van der Waals surface area contributed by atoms with Gasteiger partial charge in [0, 0.05) is 0 Å². The summed E-state index contributed by atoms with van der Waals surface area (Å²) < 4.78 is 30.5. The zero-order chi connectivity index (χ0) is 20.9. The maximum Gasteiger partial charge on any atom is 0.343 e. The molecule has 0 amide bonds. The van der Waals surface area contributed by atoms with Crippen molar-refractivity contribution in [1.82, 2.24) is 0 Å². The topological polar surface area (TPSA) is 84.2 Å². The number of sulfone groups is 1. The van der Waals surface area contributed by atoms with E-state index in [1.165, 1.54) is 18.2 Å². The van der Waals surface area contributed by atoms with Crippen molar-refractivity contribution in [2.75, 3.05) is 0 Å². The highest BCUT2D eigenvalue weighted by Crippen LogP contribution is 2.22. The number of allylic oxidation sites excluding steroid dienone is 1. The molecule has 0 heterocycles. The number of hydrogen-bond donors (Lipinski definition) is 0. The molecule has 0 aliphatic carbocycles. The molecule has 0 atom stereocenters. The fourth-order valence-electron chi connectivity index (χ4n) is 2.62. The van der Waals surface area contributed by atoms with Crippen LogP contribution < -0.4 is 4.74 Å². The van der Waals surface area contributed by atoms with E-state index in [0.717, 1.165) is 5.56 Å². The molecule has 3 rings (SSSR count). The number of nitriles is 1. The average Bonchev–Trinajstić information content (AvgIpc) is 2.73. The Kier molecular flexibility index (Phi) is 5.91. The maximum atomic E-state index is 12.6. The Balaban J connectivity index is 1.80. The van der Waals surface area contributed by atoms with E-state index in [9.17, 15) is 18.5 Å². The Labute approximate surface area is 169 Å². The van der Waals surface area contributed by atoms with Crippen LogP contribution in [-0.2, 0) is 9.84 Å². The SMILES string of the molecule is Cc1cccc(C(=O)Oc2ccc(C=C(C#N)S(=O)(=O)c3ccccc3)cc2)c1. The van der Waals surface area contributed by atoms with Crippen LogP contribution in [-0.4, -0.2) is 14.4 Å². The van der Waals surface area contributed by atoms with Gasteiger partial charge in [0.2, 0.25) is 9.84 Å². The van der Waals surface area contributed by atoms with Gasteiger partial charge in [-0.2, -0.15) is 5.26 Å². The molecule has 5 nitrogen and oxygen atoms in total. The zero-order valence-corrected chi connectivity index (χ0v) is 16.4. The minimum atomic E-state index is -3.90. The molecule has 0 fully saturated rings. The molecule has 6 heteroatoms. The molecule has 0 aliphatic heterocycles. The van der Waals surface area contributed by atoms with Gasteiger partial charge in [0.1, 0.15) is 16.7 Å². The standard InChI is InChI=1S/C23H17NO4S/c1-17-6-5-7-19(14-17)23(25)28-20-12-10-18(11-13-20)15-22(16-24)29(26,27)21-8-3-2-4-9-21/h2-15H,1H3. The van der Waals surface area contributed by atoms with E-state index in [2.05, 4.69) is 0 Å². The molecule has 0 N–H and O–H groups in total. The monoisotopic (exact) mass is 403 g/mol. The molecule has 29 heavy (non-hydrogen) atoms. The van der Waals surface area contributed by atoms with Gasteiger partial charge in [-0.3, -0.25) is 0 Å². The number of ether oxygens (including phenoxy) is 1. The van der Waals surface area contributed by atoms with Crippen molar-refractivity contribution in [3.8, 4) is 11.8 Å². The van der Waals surface area contributed by atoms with Crippen LogP contribution in [0.15, 0.2) is 88.7 Å². The number of benzene rings is 3. The van der Waals surface area contributed by atoms with E-state index in [-0.39, 0.29) is 9.80 Å². The molecule has 0 saturated carbocycles. The largest absolute Gasteiger partial charge is 0.423 e.